The predicted molar refractivity (Wildman–Crippen MR) is 83.2 cm³/mol. The van der Waals surface area contributed by atoms with Crippen molar-refractivity contribution in [2.45, 2.75) is 13.0 Å². The van der Waals surface area contributed by atoms with Gasteiger partial charge in [0.25, 0.3) is 0 Å². The number of methoxy groups -OCH3 is 2. The van der Waals surface area contributed by atoms with Crippen LogP contribution in [0.3, 0.4) is 0 Å². The van der Waals surface area contributed by atoms with Gasteiger partial charge in [0.1, 0.15) is 11.5 Å². The lowest BCUT2D eigenvalue weighted by Crippen LogP contribution is -2.41. The van der Waals surface area contributed by atoms with Gasteiger partial charge in [-0.25, -0.2) is 0 Å². The maximum absolute atomic E-state index is 5.54. The van der Waals surface area contributed by atoms with Crippen molar-refractivity contribution in [3.05, 3.63) is 23.8 Å². The normalized spacial score (nSPS) is 17.5. The third kappa shape index (κ3) is 4.33. The van der Waals surface area contributed by atoms with E-state index >= 15 is 0 Å². The fraction of sp³-hybridized carbons (Fsp3) is 0.625. The Kier molecular flexibility index (Phi) is 6.29. The van der Waals surface area contributed by atoms with Crippen molar-refractivity contribution in [1.29, 1.82) is 0 Å². The van der Waals surface area contributed by atoms with E-state index in [9.17, 15) is 0 Å². The molecular weight excluding hydrogens is 268 g/mol. The number of hydrogen-bond acceptors (Lipinski definition) is 5. The van der Waals surface area contributed by atoms with E-state index in [1.807, 2.05) is 12.1 Å². The number of nitrogens with one attached hydrogen (secondary N) is 1. The highest BCUT2D eigenvalue weighted by Gasteiger charge is 2.20. The quantitative estimate of drug-likeness (QED) is 0.829. The SMILES string of the molecule is CCNC(CN1CCOCC1)c1ccc(OC)cc1OC. The second-order valence-electron chi connectivity index (χ2n) is 5.13. The number of benzene rings is 1. The number of morpholine rings is 1. The molecule has 118 valence electrons. The minimum Gasteiger partial charge on any atom is -0.497 e. The molecule has 0 aromatic heterocycles. The van der Waals surface area contributed by atoms with E-state index in [0.717, 1.165) is 50.9 Å². The first-order valence-electron chi connectivity index (χ1n) is 7.54. The van der Waals surface area contributed by atoms with E-state index in [1.165, 1.54) is 5.56 Å². The molecule has 0 bridgehead atoms. The Bertz CT molecular complexity index is 434. The molecule has 1 saturated heterocycles. The molecule has 1 unspecified atom stereocenters. The summed E-state index contributed by atoms with van der Waals surface area (Å²) in [6.07, 6.45) is 0. The zero-order chi connectivity index (χ0) is 15.1. The number of likely N-dealkylation sites (N-methyl/N-ethyl adjacent to an activating group) is 1. The molecule has 0 amide bonds. The Labute approximate surface area is 127 Å². The Balaban J connectivity index is 2.15. The van der Waals surface area contributed by atoms with Crippen LogP contribution in [0.2, 0.25) is 0 Å². The van der Waals surface area contributed by atoms with Crippen molar-refractivity contribution in [3.8, 4) is 11.5 Å². The summed E-state index contributed by atoms with van der Waals surface area (Å²) >= 11 is 0. The molecule has 1 aliphatic rings. The smallest absolute Gasteiger partial charge is 0.127 e. The first-order valence-corrected chi connectivity index (χ1v) is 7.54. The largest absolute Gasteiger partial charge is 0.497 e. The predicted octanol–water partition coefficient (Wildman–Crippen LogP) is 1.69. The summed E-state index contributed by atoms with van der Waals surface area (Å²) in [5.74, 6) is 1.69. The van der Waals surface area contributed by atoms with Crippen LogP contribution in [0.1, 0.15) is 18.5 Å². The van der Waals surface area contributed by atoms with Crippen LogP contribution in [0, 0.1) is 0 Å². The molecule has 21 heavy (non-hydrogen) atoms. The minimum absolute atomic E-state index is 0.244. The van der Waals surface area contributed by atoms with Crippen molar-refractivity contribution in [3.63, 3.8) is 0 Å². The summed E-state index contributed by atoms with van der Waals surface area (Å²) in [6.45, 7) is 7.62. The highest BCUT2D eigenvalue weighted by atomic mass is 16.5. The Morgan fingerprint density at radius 1 is 1.24 bits per heavy atom. The lowest BCUT2D eigenvalue weighted by molar-refractivity contribution is 0.0334. The second-order valence-corrected chi connectivity index (χ2v) is 5.13. The van der Waals surface area contributed by atoms with Gasteiger partial charge in [0, 0.05) is 37.3 Å². The minimum atomic E-state index is 0.244. The van der Waals surface area contributed by atoms with E-state index in [4.69, 9.17) is 14.2 Å². The van der Waals surface area contributed by atoms with Gasteiger partial charge >= 0.3 is 0 Å². The summed E-state index contributed by atoms with van der Waals surface area (Å²) in [4.78, 5) is 2.43. The number of hydrogen-bond donors (Lipinski definition) is 1. The van der Waals surface area contributed by atoms with E-state index in [-0.39, 0.29) is 6.04 Å². The summed E-state index contributed by atoms with van der Waals surface area (Å²) < 4.78 is 16.2. The number of rotatable bonds is 7. The zero-order valence-corrected chi connectivity index (χ0v) is 13.2. The van der Waals surface area contributed by atoms with Crippen molar-refractivity contribution >= 4 is 0 Å². The average Bonchev–Trinajstić information content (AvgIpc) is 2.55. The molecule has 0 saturated carbocycles. The van der Waals surface area contributed by atoms with Gasteiger partial charge < -0.3 is 19.5 Å². The van der Waals surface area contributed by atoms with Crippen molar-refractivity contribution in [2.75, 3.05) is 53.6 Å². The lowest BCUT2D eigenvalue weighted by atomic mass is 10.0. The summed E-state index contributed by atoms with van der Waals surface area (Å²) in [5.41, 5.74) is 1.17. The molecule has 0 aliphatic carbocycles. The van der Waals surface area contributed by atoms with Gasteiger partial charge in [-0.3, -0.25) is 4.90 Å². The van der Waals surface area contributed by atoms with Gasteiger partial charge in [-0.15, -0.1) is 0 Å². The van der Waals surface area contributed by atoms with E-state index < -0.39 is 0 Å². The van der Waals surface area contributed by atoms with Crippen LogP contribution < -0.4 is 14.8 Å². The highest BCUT2D eigenvalue weighted by Crippen LogP contribution is 2.30. The van der Waals surface area contributed by atoms with E-state index in [2.05, 4.69) is 23.2 Å². The third-order valence-electron chi connectivity index (χ3n) is 3.81. The van der Waals surface area contributed by atoms with Gasteiger partial charge in [0.15, 0.2) is 0 Å². The van der Waals surface area contributed by atoms with Crippen LogP contribution in [0.15, 0.2) is 18.2 Å². The third-order valence-corrected chi connectivity index (χ3v) is 3.81. The van der Waals surface area contributed by atoms with Crippen LogP contribution in [0.4, 0.5) is 0 Å². The van der Waals surface area contributed by atoms with E-state index in [1.54, 1.807) is 14.2 Å². The molecule has 1 N–H and O–H groups in total. The van der Waals surface area contributed by atoms with Crippen molar-refractivity contribution in [1.82, 2.24) is 10.2 Å². The Hall–Kier alpha value is -1.30. The molecule has 2 rings (SSSR count). The fourth-order valence-electron chi connectivity index (χ4n) is 2.67. The molecular formula is C16H26N2O3. The maximum Gasteiger partial charge on any atom is 0.127 e. The molecule has 0 radical (unpaired) electrons. The highest BCUT2D eigenvalue weighted by molar-refractivity contribution is 5.42. The molecule has 1 aromatic rings. The summed E-state index contributed by atoms with van der Waals surface area (Å²) in [6, 6.07) is 6.26. The lowest BCUT2D eigenvalue weighted by Gasteiger charge is -2.31. The van der Waals surface area contributed by atoms with Gasteiger partial charge in [-0.2, -0.15) is 0 Å². The van der Waals surface area contributed by atoms with Crippen LogP contribution >= 0.6 is 0 Å². The first kappa shape index (κ1) is 16.1. The first-order chi connectivity index (χ1) is 10.3. The Morgan fingerprint density at radius 2 is 2.00 bits per heavy atom. The Morgan fingerprint density at radius 3 is 2.62 bits per heavy atom. The number of nitrogens with zero attached hydrogens (tertiary/aromatic N) is 1. The molecule has 1 aromatic carbocycles. The molecule has 1 fully saturated rings. The second kappa shape index (κ2) is 8.22. The number of ether oxygens (including phenoxy) is 3. The van der Waals surface area contributed by atoms with Gasteiger partial charge in [-0.05, 0) is 12.6 Å². The zero-order valence-electron chi connectivity index (χ0n) is 13.2. The molecule has 5 nitrogen and oxygen atoms in total. The molecule has 0 spiro atoms. The van der Waals surface area contributed by atoms with Gasteiger partial charge in [0.2, 0.25) is 0 Å². The van der Waals surface area contributed by atoms with Crippen LogP contribution in [-0.4, -0.2) is 58.5 Å². The van der Waals surface area contributed by atoms with Gasteiger partial charge in [0.05, 0.1) is 27.4 Å². The van der Waals surface area contributed by atoms with Crippen LogP contribution in [0.25, 0.3) is 0 Å². The van der Waals surface area contributed by atoms with Crippen molar-refractivity contribution < 1.29 is 14.2 Å². The molecule has 1 atom stereocenters. The van der Waals surface area contributed by atoms with Crippen LogP contribution in [-0.2, 0) is 4.74 Å². The van der Waals surface area contributed by atoms with Crippen LogP contribution in [0.5, 0.6) is 11.5 Å². The monoisotopic (exact) mass is 294 g/mol. The molecule has 5 heteroatoms. The van der Waals surface area contributed by atoms with Crippen molar-refractivity contribution in [2.24, 2.45) is 0 Å². The molecule has 1 aliphatic heterocycles. The standard InChI is InChI=1S/C16H26N2O3/c1-4-17-15(12-18-7-9-21-10-8-18)14-6-5-13(19-2)11-16(14)20-3/h5-6,11,15,17H,4,7-10,12H2,1-3H3. The van der Waals surface area contributed by atoms with Gasteiger partial charge in [-0.1, -0.05) is 13.0 Å². The fourth-order valence-corrected chi connectivity index (χ4v) is 2.67. The molecule has 1 heterocycles. The average molecular weight is 294 g/mol. The maximum atomic E-state index is 5.54. The van der Waals surface area contributed by atoms with E-state index in [0.29, 0.717) is 0 Å². The summed E-state index contributed by atoms with van der Waals surface area (Å²) in [5, 5.41) is 3.56. The summed E-state index contributed by atoms with van der Waals surface area (Å²) in [7, 11) is 3.37. The topological polar surface area (TPSA) is 43.0 Å².